The highest BCUT2D eigenvalue weighted by atomic mass is 32.4. The Labute approximate surface area is 126 Å². The van der Waals surface area contributed by atoms with Crippen molar-refractivity contribution in [1.29, 1.82) is 0 Å². The van der Waals surface area contributed by atoms with E-state index >= 15 is 0 Å². The number of aryl methyl sites for hydroxylation is 1. The SMILES string of the molecule is Cc1ccccc1N=Cc1ccccc1S[Si](C)(C)C. The van der Waals surface area contributed by atoms with Gasteiger partial charge in [0.1, 0.15) is 7.22 Å². The van der Waals surface area contributed by atoms with E-state index in [0.29, 0.717) is 0 Å². The molecule has 0 aliphatic rings. The number of nitrogens with zero attached hydrogens (tertiary/aromatic N) is 1. The maximum atomic E-state index is 4.64. The molecule has 0 saturated heterocycles. The summed E-state index contributed by atoms with van der Waals surface area (Å²) in [5.74, 6) is 0. The van der Waals surface area contributed by atoms with Crippen LogP contribution in [0.5, 0.6) is 0 Å². The maximum absolute atomic E-state index is 4.64. The largest absolute Gasteiger partial charge is 0.256 e. The molecule has 2 aromatic carbocycles. The lowest BCUT2D eigenvalue weighted by Crippen LogP contribution is -2.13. The summed E-state index contributed by atoms with van der Waals surface area (Å²) in [6.45, 7) is 9.20. The molecule has 0 amide bonds. The Morgan fingerprint density at radius 3 is 2.30 bits per heavy atom. The summed E-state index contributed by atoms with van der Waals surface area (Å²) in [6.07, 6.45) is 1.99. The fraction of sp³-hybridized carbons (Fsp3) is 0.235. The van der Waals surface area contributed by atoms with E-state index in [2.05, 4.69) is 68.0 Å². The average molecular weight is 300 g/mol. The van der Waals surface area contributed by atoms with Crippen molar-refractivity contribution < 1.29 is 0 Å². The van der Waals surface area contributed by atoms with Crippen LogP contribution >= 0.6 is 11.2 Å². The highest BCUT2D eigenvalue weighted by Crippen LogP contribution is 2.31. The van der Waals surface area contributed by atoms with Crippen LogP contribution in [0.15, 0.2) is 58.4 Å². The van der Waals surface area contributed by atoms with Crippen molar-refractivity contribution in [3.8, 4) is 0 Å². The third-order valence-electron chi connectivity index (χ3n) is 2.79. The van der Waals surface area contributed by atoms with Gasteiger partial charge >= 0.3 is 0 Å². The predicted octanol–water partition coefficient (Wildman–Crippen LogP) is 5.67. The lowest BCUT2D eigenvalue weighted by atomic mass is 10.2. The Bertz CT molecular complexity index is 614. The van der Waals surface area contributed by atoms with Gasteiger partial charge in [0.25, 0.3) is 0 Å². The molecule has 104 valence electrons. The number of hydrogen-bond donors (Lipinski definition) is 0. The molecule has 0 fully saturated rings. The first-order valence-corrected chi connectivity index (χ1v) is 11.9. The van der Waals surface area contributed by atoms with Crippen molar-refractivity contribution in [2.24, 2.45) is 4.99 Å². The van der Waals surface area contributed by atoms with Gasteiger partial charge < -0.3 is 0 Å². The van der Waals surface area contributed by atoms with Gasteiger partial charge in [0.05, 0.1) is 5.69 Å². The topological polar surface area (TPSA) is 12.4 Å². The highest BCUT2D eigenvalue weighted by molar-refractivity contribution is 8.28. The Morgan fingerprint density at radius 2 is 1.60 bits per heavy atom. The molecule has 0 spiro atoms. The molecule has 3 heteroatoms. The lowest BCUT2D eigenvalue weighted by molar-refractivity contribution is 1.39. The molecule has 0 radical (unpaired) electrons. The van der Waals surface area contributed by atoms with Gasteiger partial charge in [-0.1, -0.05) is 56.0 Å². The van der Waals surface area contributed by atoms with E-state index in [1.807, 2.05) is 29.6 Å². The molecule has 1 nitrogen and oxygen atoms in total. The van der Waals surface area contributed by atoms with Gasteiger partial charge in [0.2, 0.25) is 0 Å². The lowest BCUT2D eigenvalue weighted by Gasteiger charge is -2.16. The summed E-state index contributed by atoms with van der Waals surface area (Å²) in [7, 11) is -1.19. The number of aliphatic imine (C=N–C) groups is 1. The minimum absolute atomic E-state index is 1.04. The van der Waals surface area contributed by atoms with Crippen LogP contribution in [0.3, 0.4) is 0 Å². The van der Waals surface area contributed by atoms with Gasteiger partial charge in [0, 0.05) is 16.7 Å². The van der Waals surface area contributed by atoms with E-state index in [1.165, 1.54) is 16.0 Å². The maximum Gasteiger partial charge on any atom is 0.114 e. The van der Waals surface area contributed by atoms with Crippen LogP contribution in [0, 0.1) is 6.92 Å². The molecule has 0 aliphatic heterocycles. The summed E-state index contributed by atoms with van der Waals surface area (Å²) in [6, 6.07) is 16.7. The third-order valence-corrected chi connectivity index (χ3v) is 6.49. The molecule has 0 saturated carbocycles. The molecule has 0 aliphatic carbocycles. The molecule has 2 aromatic rings. The van der Waals surface area contributed by atoms with Crippen LogP contribution in [0.25, 0.3) is 0 Å². The van der Waals surface area contributed by atoms with E-state index in [4.69, 9.17) is 0 Å². The van der Waals surface area contributed by atoms with E-state index in [1.54, 1.807) is 0 Å². The fourth-order valence-corrected chi connectivity index (χ4v) is 5.44. The molecular weight excluding hydrogens is 278 g/mol. The van der Waals surface area contributed by atoms with Gasteiger partial charge in [0.15, 0.2) is 0 Å². The minimum Gasteiger partial charge on any atom is -0.256 e. The molecule has 0 atom stereocenters. The van der Waals surface area contributed by atoms with Crippen molar-refractivity contribution in [3.05, 3.63) is 59.7 Å². The van der Waals surface area contributed by atoms with Crippen LogP contribution in [-0.2, 0) is 0 Å². The Hall–Kier alpha value is -1.32. The monoisotopic (exact) mass is 299 g/mol. The van der Waals surface area contributed by atoms with Gasteiger partial charge in [-0.2, -0.15) is 11.2 Å². The van der Waals surface area contributed by atoms with E-state index in [-0.39, 0.29) is 0 Å². The van der Waals surface area contributed by atoms with Crippen molar-refractivity contribution in [1.82, 2.24) is 0 Å². The average Bonchev–Trinajstić information content (AvgIpc) is 2.37. The molecular formula is C17H21NSSi. The summed E-state index contributed by atoms with van der Waals surface area (Å²) < 4.78 is 0. The summed E-state index contributed by atoms with van der Waals surface area (Å²) >= 11 is 2.01. The van der Waals surface area contributed by atoms with Crippen LogP contribution in [0.1, 0.15) is 11.1 Å². The van der Waals surface area contributed by atoms with E-state index < -0.39 is 7.22 Å². The van der Waals surface area contributed by atoms with Crippen molar-refractivity contribution >= 4 is 30.3 Å². The highest BCUT2D eigenvalue weighted by Gasteiger charge is 2.16. The first kappa shape index (κ1) is 15.1. The third kappa shape index (κ3) is 4.36. The zero-order chi connectivity index (χ0) is 14.6. The number of hydrogen-bond acceptors (Lipinski definition) is 2. The minimum atomic E-state index is -1.19. The molecule has 0 heterocycles. The predicted molar refractivity (Wildman–Crippen MR) is 94.1 cm³/mol. The Balaban J connectivity index is 2.28. The normalized spacial score (nSPS) is 12.0. The fourth-order valence-electron chi connectivity index (χ4n) is 1.86. The van der Waals surface area contributed by atoms with Crippen LogP contribution in [0.4, 0.5) is 5.69 Å². The Morgan fingerprint density at radius 1 is 0.950 bits per heavy atom. The van der Waals surface area contributed by atoms with E-state index in [0.717, 1.165) is 5.69 Å². The number of benzene rings is 2. The van der Waals surface area contributed by atoms with Gasteiger partial charge in [-0.25, -0.2) is 0 Å². The summed E-state index contributed by atoms with van der Waals surface area (Å²) in [5.41, 5.74) is 3.46. The first-order valence-electron chi connectivity index (χ1n) is 6.83. The van der Waals surface area contributed by atoms with E-state index in [9.17, 15) is 0 Å². The van der Waals surface area contributed by atoms with Crippen molar-refractivity contribution in [3.63, 3.8) is 0 Å². The Kier molecular flexibility index (Phi) is 4.84. The second-order valence-corrected chi connectivity index (χ2v) is 15.0. The second-order valence-electron chi connectivity index (χ2n) is 5.80. The summed E-state index contributed by atoms with van der Waals surface area (Å²) in [4.78, 5) is 5.98. The molecule has 20 heavy (non-hydrogen) atoms. The molecule has 0 bridgehead atoms. The standard InChI is InChI=1S/C17H21NSSi/c1-14-9-5-7-11-16(14)18-13-15-10-6-8-12-17(15)19-20(2,3)4/h5-13H,1-4H3. The number of para-hydroxylation sites is 1. The zero-order valence-electron chi connectivity index (χ0n) is 12.6. The molecule has 0 N–H and O–H groups in total. The first-order chi connectivity index (χ1) is 9.46. The van der Waals surface area contributed by atoms with Crippen molar-refractivity contribution in [2.75, 3.05) is 0 Å². The molecule has 0 unspecified atom stereocenters. The van der Waals surface area contributed by atoms with Crippen LogP contribution < -0.4 is 0 Å². The van der Waals surface area contributed by atoms with Gasteiger partial charge in [-0.05, 0) is 24.6 Å². The molecule has 0 aromatic heterocycles. The second kappa shape index (κ2) is 6.42. The smallest absolute Gasteiger partial charge is 0.114 e. The van der Waals surface area contributed by atoms with Gasteiger partial charge in [-0.3, -0.25) is 4.99 Å². The van der Waals surface area contributed by atoms with Crippen molar-refractivity contribution in [2.45, 2.75) is 31.5 Å². The molecule has 2 rings (SSSR count). The van der Waals surface area contributed by atoms with Gasteiger partial charge in [-0.15, -0.1) is 0 Å². The quantitative estimate of drug-likeness (QED) is 0.523. The summed E-state index contributed by atoms with van der Waals surface area (Å²) in [5, 5.41) is 0. The zero-order valence-corrected chi connectivity index (χ0v) is 14.4. The van der Waals surface area contributed by atoms with Crippen LogP contribution in [0.2, 0.25) is 19.6 Å². The number of rotatable bonds is 4. The van der Waals surface area contributed by atoms with Crippen LogP contribution in [-0.4, -0.2) is 13.4 Å².